The van der Waals surface area contributed by atoms with Gasteiger partial charge in [0.2, 0.25) is 0 Å². The highest BCUT2D eigenvalue weighted by Gasteiger charge is 2.15. The molecule has 30 heavy (non-hydrogen) atoms. The van der Waals surface area contributed by atoms with Crippen LogP contribution in [0.25, 0.3) is 11.3 Å². The largest absolute Gasteiger partial charge is 0.367 e. The van der Waals surface area contributed by atoms with Gasteiger partial charge in [0.15, 0.2) is 0 Å². The standard InChI is InChI=1S/C22H22ClF2N5/c23-19-13-28-22(29-17-4-6-26-7-5-17)11-18(19)20-2-1-3-21(30-20)27-12-14-8-15(24)10-16(25)9-14/h1-3,8-11,13,17,26H,4-7,12H2,(H,27,30)(H,28,29). The summed E-state index contributed by atoms with van der Waals surface area (Å²) in [5.74, 6) is 0.131. The van der Waals surface area contributed by atoms with E-state index in [0.29, 0.717) is 28.1 Å². The zero-order chi connectivity index (χ0) is 20.9. The molecule has 0 unspecified atom stereocenters. The van der Waals surface area contributed by atoms with Crippen molar-refractivity contribution in [1.82, 2.24) is 15.3 Å². The highest BCUT2D eigenvalue weighted by atomic mass is 35.5. The van der Waals surface area contributed by atoms with E-state index in [1.165, 1.54) is 12.1 Å². The summed E-state index contributed by atoms with van der Waals surface area (Å²) in [6, 6.07) is 11.2. The van der Waals surface area contributed by atoms with E-state index in [9.17, 15) is 8.78 Å². The lowest BCUT2D eigenvalue weighted by Crippen LogP contribution is -2.35. The molecular formula is C22H22ClF2N5. The van der Waals surface area contributed by atoms with Crippen LogP contribution in [0, 0.1) is 11.6 Å². The van der Waals surface area contributed by atoms with E-state index in [4.69, 9.17) is 11.6 Å². The fraction of sp³-hybridized carbons (Fsp3) is 0.273. The van der Waals surface area contributed by atoms with Gasteiger partial charge in [0.05, 0.1) is 10.7 Å². The van der Waals surface area contributed by atoms with Gasteiger partial charge in [-0.3, -0.25) is 0 Å². The molecule has 3 N–H and O–H groups in total. The Bertz CT molecular complexity index is 1000. The minimum absolute atomic E-state index is 0.248. The predicted octanol–water partition coefficient (Wildman–Crippen LogP) is 4.85. The molecule has 0 bridgehead atoms. The smallest absolute Gasteiger partial charge is 0.126 e. The number of hydrogen-bond acceptors (Lipinski definition) is 5. The summed E-state index contributed by atoms with van der Waals surface area (Å²) in [4.78, 5) is 9.00. The molecular weight excluding hydrogens is 408 g/mol. The number of hydrogen-bond donors (Lipinski definition) is 3. The topological polar surface area (TPSA) is 61.9 Å². The lowest BCUT2D eigenvalue weighted by Gasteiger charge is -2.24. The SMILES string of the molecule is Fc1cc(F)cc(CNc2cccc(-c3cc(NC4CCNCC4)ncc3Cl)n2)c1. The van der Waals surface area contributed by atoms with E-state index in [0.717, 1.165) is 43.4 Å². The lowest BCUT2D eigenvalue weighted by molar-refractivity contribution is 0.478. The summed E-state index contributed by atoms with van der Waals surface area (Å²) in [6.07, 6.45) is 3.70. The molecule has 3 heterocycles. The van der Waals surface area contributed by atoms with Crippen LogP contribution in [0.4, 0.5) is 20.4 Å². The number of benzene rings is 1. The molecule has 8 heteroatoms. The first-order chi connectivity index (χ1) is 14.6. The summed E-state index contributed by atoms with van der Waals surface area (Å²) in [5.41, 5.74) is 1.95. The van der Waals surface area contributed by atoms with Gasteiger partial charge < -0.3 is 16.0 Å². The average molecular weight is 430 g/mol. The molecule has 0 aliphatic carbocycles. The van der Waals surface area contributed by atoms with Gasteiger partial charge in [0.25, 0.3) is 0 Å². The molecule has 0 radical (unpaired) electrons. The van der Waals surface area contributed by atoms with Crippen LogP contribution in [0.3, 0.4) is 0 Å². The molecule has 0 atom stereocenters. The third kappa shape index (κ3) is 5.23. The van der Waals surface area contributed by atoms with Gasteiger partial charge in [0.1, 0.15) is 23.3 Å². The van der Waals surface area contributed by atoms with E-state index < -0.39 is 11.6 Å². The van der Waals surface area contributed by atoms with Crippen molar-refractivity contribution in [2.75, 3.05) is 23.7 Å². The minimum Gasteiger partial charge on any atom is -0.367 e. The van der Waals surface area contributed by atoms with Crippen LogP contribution in [-0.2, 0) is 6.54 Å². The first-order valence-corrected chi connectivity index (χ1v) is 10.2. The Kier molecular flexibility index (Phi) is 6.40. The molecule has 1 fully saturated rings. The predicted molar refractivity (Wildman–Crippen MR) is 116 cm³/mol. The minimum atomic E-state index is -0.606. The van der Waals surface area contributed by atoms with Gasteiger partial charge in [-0.1, -0.05) is 17.7 Å². The maximum Gasteiger partial charge on any atom is 0.126 e. The fourth-order valence-electron chi connectivity index (χ4n) is 3.48. The Morgan fingerprint density at radius 3 is 2.57 bits per heavy atom. The third-order valence-corrected chi connectivity index (χ3v) is 5.27. The van der Waals surface area contributed by atoms with Crippen molar-refractivity contribution >= 4 is 23.2 Å². The van der Waals surface area contributed by atoms with Crippen molar-refractivity contribution in [1.29, 1.82) is 0 Å². The van der Waals surface area contributed by atoms with Gasteiger partial charge in [-0.25, -0.2) is 18.7 Å². The summed E-state index contributed by atoms with van der Waals surface area (Å²) in [5, 5.41) is 10.4. The molecule has 3 aromatic rings. The van der Waals surface area contributed by atoms with Crippen LogP contribution in [-0.4, -0.2) is 29.1 Å². The van der Waals surface area contributed by atoms with E-state index >= 15 is 0 Å². The number of aromatic nitrogens is 2. The Balaban J connectivity index is 1.50. The zero-order valence-corrected chi connectivity index (χ0v) is 17.0. The molecule has 2 aromatic heterocycles. The molecule has 5 nitrogen and oxygen atoms in total. The normalized spacial score (nSPS) is 14.5. The number of nitrogens with zero attached hydrogens (tertiary/aromatic N) is 2. The Labute approximate surface area is 178 Å². The second-order valence-corrected chi connectivity index (χ2v) is 7.66. The van der Waals surface area contributed by atoms with Crippen LogP contribution >= 0.6 is 11.6 Å². The van der Waals surface area contributed by atoms with E-state index in [1.54, 1.807) is 12.3 Å². The monoisotopic (exact) mass is 429 g/mol. The average Bonchev–Trinajstić information content (AvgIpc) is 2.74. The molecule has 0 amide bonds. The maximum absolute atomic E-state index is 13.4. The Morgan fingerprint density at radius 2 is 1.80 bits per heavy atom. The number of anilines is 2. The highest BCUT2D eigenvalue weighted by Crippen LogP contribution is 2.29. The number of pyridine rings is 2. The lowest BCUT2D eigenvalue weighted by atomic mass is 10.1. The van der Waals surface area contributed by atoms with Crippen LogP contribution in [0.2, 0.25) is 5.02 Å². The quantitative estimate of drug-likeness (QED) is 0.522. The summed E-state index contributed by atoms with van der Waals surface area (Å²) >= 11 is 6.39. The van der Waals surface area contributed by atoms with Crippen LogP contribution in [0.1, 0.15) is 18.4 Å². The van der Waals surface area contributed by atoms with Crippen molar-refractivity contribution < 1.29 is 8.78 Å². The van der Waals surface area contributed by atoms with E-state index in [1.807, 2.05) is 18.2 Å². The van der Waals surface area contributed by atoms with Crippen LogP contribution in [0.15, 0.2) is 48.7 Å². The first-order valence-electron chi connectivity index (χ1n) is 9.86. The van der Waals surface area contributed by atoms with Gasteiger partial charge in [-0.2, -0.15) is 0 Å². The molecule has 1 aromatic carbocycles. The highest BCUT2D eigenvalue weighted by molar-refractivity contribution is 6.33. The van der Waals surface area contributed by atoms with Crippen LogP contribution < -0.4 is 16.0 Å². The second-order valence-electron chi connectivity index (χ2n) is 7.26. The molecule has 1 aliphatic heterocycles. The molecule has 1 saturated heterocycles. The zero-order valence-electron chi connectivity index (χ0n) is 16.3. The Morgan fingerprint density at radius 1 is 1.03 bits per heavy atom. The number of nitrogens with one attached hydrogen (secondary N) is 3. The summed E-state index contributed by atoms with van der Waals surface area (Å²) in [7, 11) is 0. The number of halogens is 3. The Hall–Kier alpha value is -2.77. The van der Waals surface area contributed by atoms with Gasteiger partial charge in [-0.15, -0.1) is 0 Å². The maximum atomic E-state index is 13.4. The molecule has 0 spiro atoms. The molecule has 0 saturated carbocycles. The molecule has 1 aliphatic rings. The van der Waals surface area contributed by atoms with Crippen LogP contribution in [0.5, 0.6) is 0 Å². The van der Waals surface area contributed by atoms with Crippen molar-refractivity contribution in [3.05, 3.63) is 70.9 Å². The first kappa shape index (κ1) is 20.5. The second kappa shape index (κ2) is 9.36. The van der Waals surface area contributed by atoms with E-state index in [-0.39, 0.29) is 6.54 Å². The van der Waals surface area contributed by atoms with Crippen molar-refractivity contribution in [3.63, 3.8) is 0 Å². The molecule has 4 rings (SSSR count). The third-order valence-electron chi connectivity index (χ3n) is 4.97. The number of rotatable bonds is 6. The summed E-state index contributed by atoms with van der Waals surface area (Å²) < 4.78 is 26.8. The van der Waals surface area contributed by atoms with Gasteiger partial charge >= 0.3 is 0 Å². The molecule has 156 valence electrons. The fourth-order valence-corrected chi connectivity index (χ4v) is 3.68. The van der Waals surface area contributed by atoms with Gasteiger partial charge in [-0.05, 0) is 61.8 Å². The van der Waals surface area contributed by atoms with Gasteiger partial charge in [0, 0.05) is 30.4 Å². The summed E-state index contributed by atoms with van der Waals surface area (Å²) in [6.45, 7) is 2.23. The van der Waals surface area contributed by atoms with Crippen molar-refractivity contribution in [2.45, 2.75) is 25.4 Å². The van der Waals surface area contributed by atoms with Crippen molar-refractivity contribution in [3.8, 4) is 11.3 Å². The van der Waals surface area contributed by atoms with E-state index in [2.05, 4.69) is 25.9 Å². The van der Waals surface area contributed by atoms with Crippen molar-refractivity contribution in [2.24, 2.45) is 0 Å². The number of piperidine rings is 1.